The highest BCUT2D eigenvalue weighted by molar-refractivity contribution is 5.98. The molecule has 0 aliphatic carbocycles. The smallest absolute Gasteiger partial charge is 0.337 e. The van der Waals surface area contributed by atoms with Crippen molar-refractivity contribution in [2.75, 3.05) is 20.5 Å². The van der Waals surface area contributed by atoms with Crippen LogP contribution in [0.25, 0.3) is 0 Å². The maximum absolute atomic E-state index is 12.8. The van der Waals surface area contributed by atoms with E-state index >= 15 is 0 Å². The molecule has 0 radical (unpaired) electrons. The maximum atomic E-state index is 12.8. The van der Waals surface area contributed by atoms with Crippen molar-refractivity contribution >= 4 is 11.8 Å². The molecule has 160 valence electrons. The summed E-state index contributed by atoms with van der Waals surface area (Å²) in [6, 6.07) is 14.2. The number of Topliss-reactive ketones (excluding diaryl/α,β-unsaturated/α-hetero) is 1. The zero-order valence-corrected chi connectivity index (χ0v) is 17.6. The Hall–Kier alpha value is -3.74. The molecule has 0 N–H and O–H groups in total. The van der Waals surface area contributed by atoms with Gasteiger partial charge in [0.2, 0.25) is 12.6 Å². The maximum Gasteiger partial charge on any atom is 0.337 e. The summed E-state index contributed by atoms with van der Waals surface area (Å²) < 4.78 is 23.2. The molecular formula is C24H23NO6. The van der Waals surface area contributed by atoms with Crippen molar-refractivity contribution in [3.63, 3.8) is 0 Å². The van der Waals surface area contributed by atoms with Crippen LogP contribution in [0.4, 0.5) is 0 Å². The molecule has 7 nitrogen and oxygen atoms in total. The van der Waals surface area contributed by atoms with Gasteiger partial charge >= 0.3 is 5.97 Å². The summed E-state index contributed by atoms with van der Waals surface area (Å²) in [6.07, 6.45) is 0. The van der Waals surface area contributed by atoms with Gasteiger partial charge in [-0.2, -0.15) is 0 Å². The lowest BCUT2D eigenvalue weighted by atomic mass is 10.1. The average Bonchev–Trinajstić information content (AvgIpc) is 3.36. The summed E-state index contributed by atoms with van der Waals surface area (Å²) in [4.78, 5) is 24.3. The van der Waals surface area contributed by atoms with Gasteiger partial charge in [0.25, 0.3) is 0 Å². The fourth-order valence-corrected chi connectivity index (χ4v) is 3.58. The van der Waals surface area contributed by atoms with Crippen molar-refractivity contribution in [1.29, 1.82) is 0 Å². The first-order valence-electron chi connectivity index (χ1n) is 9.86. The lowest BCUT2D eigenvalue weighted by Gasteiger charge is -2.11. The van der Waals surface area contributed by atoms with Crippen LogP contribution in [0.3, 0.4) is 0 Å². The lowest BCUT2D eigenvalue weighted by molar-refractivity contribution is 0.0600. The van der Waals surface area contributed by atoms with Crippen LogP contribution in [0.1, 0.15) is 37.7 Å². The number of esters is 1. The number of hydrogen-bond donors (Lipinski definition) is 0. The summed E-state index contributed by atoms with van der Waals surface area (Å²) in [5, 5.41) is 0. The van der Waals surface area contributed by atoms with Crippen LogP contribution in [-0.2, 0) is 11.3 Å². The second kappa shape index (κ2) is 8.55. The fraction of sp³-hybridized carbons (Fsp3) is 0.250. The summed E-state index contributed by atoms with van der Waals surface area (Å²) in [7, 11) is 1.33. The molecule has 0 bridgehead atoms. The minimum Gasteiger partial charge on any atom is -0.485 e. The third kappa shape index (κ3) is 4.26. The first-order valence-corrected chi connectivity index (χ1v) is 9.86. The monoisotopic (exact) mass is 421 g/mol. The van der Waals surface area contributed by atoms with Crippen molar-refractivity contribution < 1.29 is 28.5 Å². The highest BCUT2D eigenvalue weighted by Crippen LogP contribution is 2.33. The molecule has 0 saturated carbocycles. The fourth-order valence-electron chi connectivity index (χ4n) is 3.58. The number of benzene rings is 2. The molecule has 2 heterocycles. The number of ether oxygens (including phenoxy) is 4. The van der Waals surface area contributed by atoms with Gasteiger partial charge in [0.1, 0.15) is 5.75 Å². The Kier molecular flexibility index (Phi) is 5.66. The van der Waals surface area contributed by atoms with E-state index in [1.165, 1.54) is 7.11 Å². The number of nitrogens with zero attached hydrogens (tertiary/aromatic N) is 1. The van der Waals surface area contributed by atoms with Gasteiger partial charge in [-0.05, 0) is 61.9 Å². The van der Waals surface area contributed by atoms with Crippen molar-refractivity contribution in [3.8, 4) is 17.2 Å². The van der Waals surface area contributed by atoms with E-state index in [4.69, 9.17) is 14.2 Å². The number of ketones is 1. The molecule has 4 rings (SSSR count). The number of carbonyl (C=O) groups excluding carboxylic acids is 2. The molecule has 0 atom stereocenters. The highest BCUT2D eigenvalue weighted by atomic mass is 16.7. The second-order valence-electron chi connectivity index (χ2n) is 7.29. The lowest BCUT2D eigenvalue weighted by Crippen LogP contribution is -2.13. The van der Waals surface area contributed by atoms with Gasteiger partial charge in [-0.15, -0.1) is 0 Å². The van der Waals surface area contributed by atoms with Crippen molar-refractivity contribution in [3.05, 3.63) is 76.6 Å². The van der Waals surface area contributed by atoms with Crippen LogP contribution in [0.2, 0.25) is 0 Å². The van der Waals surface area contributed by atoms with Gasteiger partial charge in [-0.25, -0.2) is 4.79 Å². The standard InChI is InChI=1S/C24H23NO6/c1-15-10-20(21(26)13-29-19-7-5-18(6-8-19)24(27)28-3)16(2)25(15)12-17-4-9-22-23(11-17)31-14-30-22/h4-11H,12-14H2,1-3H3. The van der Waals surface area contributed by atoms with E-state index in [-0.39, 0.29) is 19.2 Å². The van der Waals surface area contributed by atoms with Crippen LogP contribution in [-0.4, -0.2) is 36.8 Å². The summed E-state index contributed by atoms with van der Waals surface area (Å²) in [5.41, 5.74) is 3.98. The average molecular weight is 421 g/mol. The van der Waals surface area contributed by atoms with Gasteiger partial charge in [-0.1, -0.05) is 6.07 Å². The molecule has 7 heteroatoms. The van der Waals surface area contributed by atoms with Crippen LogP contribution in [0, 0.1) is 13.8 Å². The van der Waals surface area contributed by atoms with Crippen LogP contribution in [0.5, 0.6) is 17.2 Å². The van der Waals surface area contributed by atoms with E-state index in [2.05, 4.69) is 9.30 Å². The van der Waals surface area contributed by atoms with E-state index in [1.807, 2.05) is 38.1 Å². The van der Waals surface area contributed by atoms with E-state index in [9.17, 15) is 9.59 Å². The van der Waals surface area contributed by atoms with Gasteiger partial charge in [0, 0.05) is 23.5 Å². The largest absolute Gasteiger partial charge is 0.485 e. The third-order valence-corrected chi connectivity index (χ3v) is 5.30. The number of aromatic nitrogens is 1. The topological polar surface area (TPSA) is 76.0 Å². The minimum absolute atomic E-state index is 0.0914. The number of methoxy groups -OCH3 is 1. The van der Waals surface area contributed by atoms with Gasteiger partial charge in [-0.3, -0.25) is 4.79 Å². The van der Waals surface area contributed by atoms with E-state index in [1.54, 1.807) is 24.3 Å². The van der Waals surface area contributed by atoms with Crippen molar-refractivity contribution in [2.45, 2.75) is 20.4 Å². The van der Waals surface area contributed by atoms with Crippen molar-refractivity contribution in [2.24, 2.45) is 0 Å². The second-order valence-corrected chi connectivity index (χ2v) is 7.29. The normalized spacial score (nSPS) is 12.0. The molecule has 2 aromatic carbocycles. The quantitative estimate of drug-likeness (QED) is 0.425. The van der Waals surface area contributed by atoms with Gasteiger partial charge < -0.3 is 23.5 Å². The Morgan fingerprint density at radius 1 is 1.00 bits per heavy atom. The zero-order valence-electron chi connectivity index (χ0n) is 17.6. The van der Waals surface area contributed by atoms with E-state index in [0.717, 1.165) is 28.5 Å². The predicted octanol–water partition coefficient (Wildman–Crippen LogP) is 3.93. The van der Waals surface area contributed by atoms with E-state index in [0.29, 0.717) is 23.4 Å². The summed E-state index contributed by atoms with van der Waals surface area (Å²) in [5.74, 6) is 1.47. The third-order valence-electron chi connectivity index (χ3n) is 5.30. The van der Waals surface area contributed by atoms with Crippen LogP contribution < -0.4 is 14.2 Å². The predicted molar refractivity (Wildman–Crippen MR) is 113 cm³/mol. The minimum atomic E-state index is -0.419. The molecule has 0 saturated heterocycles. The summed E-state index contributed by atoms with van der Waals surface area (Å²) >= 11 is 0. The molecule has 1 aliphatic heterocycles. The number of fused-ring (bicyclic) bond motifs is 1. The molecule has 0 unspecified atom stereocenters. The Morgan fingerprint density at radius 3 is 2.48 bits per heavy atom. The van der Waals surface area contributed by atoms with Crippen molar-refractivity contribution in [1.82, 2.24) is 4.57 Å². The van der Waals surface area contributed by atoms with Crippen LogP contribution in [0.15, 0.2) is 48.5 Å². The molecule has 1 aromatic heterocycles. The molecule has 0 amide bonds. The number of hydrogen-bond acceptors (Lipinski definition) is 6. The first kappa shape index (κ1) is 20.5. The van der Waals surface area contributed by atoms with Crippen LogP contribution >= 0.6 is 0 Å². The number of carbonyl (C=O) groups is 2. The Balaban J connectivity index is 1.44. The zero-order chi connectivity index (χ0) is 22.0. The molecule has 0 spiro atoms. The SMILES string of the molecule is COC(=O)c1ccc(OCC(=O)c2cc(C)n(Cc3ccc4c(c3)OCO4)c2C)cc1. The molecule has 1 aliphatic rings. The Morgan fingerprint density at radius 2 is 1.74 bits per heavy atom. The summed E-state index contributed by atoms with van der Waals surface area (Å²) in [6.45, 7) is 4.68. The molecule has 31 heavy (non-hydrogen) atoms. The van der Waals surface area contributed by atoms with E-state index < -0.39 is 5.97 Å². The Labute approximate surface area is 180 Å². The molecular weight excluding hydrogens is 398 g/mol. The van der Waals surface area contributed by atoms with Gasteiger partial charge in [0.05, 0.1) is 12.7 Å². The Bertz CT molecular complexity index is 1130. The number of rotatable bonds is 7. The molecule has 0 fully saturated rings. The highest BCUT2D eigenvalue weighted by Gasteiger charge is 2.18. The van der Waals surface area contributed by atoms with Gasteiger partial charge in [0.15, 0.2) is 18.1 Å². The number of aryl methyl sites for hydroxylation is 1. The molecule has 3 aromatic rings. The first-order chi connectivity index (χ1) is 15.0.